The van der Waals surface area contributed by atoms with Gasteiger partial charge in [-0.15, -0.1) is 0 Å². The molecule has 4 nitrogen and oxygen atoms in total. The van der Waals surface area contributed by atoms with Crippen LogP contribution in [0.25, 0.3) is 0 Å². The summed E-state index contributed by atoms with van der Waals surface area (Å²) in [5.41, 5.74) is 0.720. The van der Waals surface area contributed by atoms with E-state index in [1.54, 1.807) is 0 Å². The van der Waals surface area contributed by atoms with Crippen molar-refractivity contribution in [3.63, 3.8) is 0 Å². The van der Waals surface area contributed by atoms with E-state index in [0.29, 0.717) is 5.56 Å². The van der Waals surface area contributed by atoms with Gasteiger partial charge in [0, 0.05) is 12.1 Å². The van der Waals surface area contributed by atoms with E-state index in [4.69, 9.17) is 5.11 Å². The van der Waals surface area contributed by atoms with Crippen molar-refractivity contribution in [2.24, 2.45) is 0 Å². The van der Waals surface area contributed by atoms with Crippen LogP contribution in [0, 0.1) is 10.1 Å². The molecule has 0 fully saturated rings. The summed E-state index contributed by atoms with van der Waals surface area (Å²) in [6.07, 6.45) is 0. The minimum absolute atomic E-state index is 0.0437. The van der Waals surface area contributed by atoms with Crippen molar-refractivity contribution in [1.29, 1.82) is 0 Å². The fourth-order valence-corrected chi connectivity index (χ4v) is 0.723. The molecular formula is C9H13NO3. The molecule has 0 saturated carbocycles. The first-order chi connectivity index (χ1) is 6.24. The van der Waals surface area contributed by atoms with Gasteiger partial charge in [-0.2, -0.15) is 0 Å². The predicted molar refractivity (Wildman–Crippen MR) is 50.4 cm³/mol. The number of nitro benzene ring substituents is 1. The Balaban J connectivity index is 0.000000671. The van der Waals surface area contributed by atoms with E-state index in [9.17, 15) is 10.1 Å². The summed E-state index contributed by atoms with van der Waals surface area (Å²) in [5.74, 6) is 0. The maximum atomic E-state index is 10.1. The van der Waals surface area contributed by atoms with Gasteiger partial charge in [-0.05, 0) is 17.7 Å². The van der Waals surface area contributed by atoms with Gasteiger partial charge in [-0.1, -0.05) is 13.8 Å². The molecule has 1 aromatic rings. The van der Waals surface area contributed by atoms with Gasteiger partial charge in [0.1, 0.15) is 0 Å². The number of aliphatic hydroxyl groups is 1. The van der Waals surface area contributed by atoms with E-state index in [1.165, 1.54) is 24.3 Å². The van der Waals surface area contributed by atoms with Crippen LogP contribution in [0.4, 0.5) is 5.69 Å². The SMILES string of the molecule is CC.O=[N+]([O-])c1ccc(CO)cc1. The highest BCUT2D eigenvalue weighted by Crippen LogP contribution is 2.11. The third-order valence-corrected chi connectivity index (χ3v) is 1.33. The molecule has 0 aliphatic rings. The van der Waals surface area contributed by atoms with Crippen molar-refractivity contribution in [2.75, 3.05) is 0 Å². The zero-order valence-electron chi connectivity index (χ0n) is 7.73. The molecule has 0 aromatic heterocycles. The van der Waals surface area contributed by atoms with Crippen LogP contribution < -0.4 is 0 Å². The first-order valence-corrected chi connectivity index (χ1v) is 4.08. The minimum Gasteiger partial charge on any atom is -0.392 e. The minimum atomic E-state index is -0.471. The summed E-state index contributed by atoms with van der Waals surface area (Å²) in [7, 11) is 0. The van der Waals surface area contributed by atoms with Crippen LogP contribution in [-0.2, 0) is 6.61 Å². The average Bonchev–Trinajstić information content (AvgIpc) is 2.21. The number of rotatable bonds is 2. The van der Waals surface area contributed by atoms with Crippen LogP contribution in [0.1, 0.15) is 19.4 Å². The summed E-state index contributed by atoms with van der Waals surface area (Å²) >= 11 is 0. The fourth-order valence-electron chi connectivity index (χ4n) is 0.723. The van der Waals surface area contributed by atoms with Gasteiger partial charge in [-0.3, -0.25) is 10.1 Å². The summed E-state index contributed by atoms with van der Waals surface area (Å²) in [6.45, 7) is 3.91. The monoisotopic (exact) mass is 183 g/mol. The van der Waals surface area contributed by atoms with Gasteiger partial charge in [0.25, 0.3) is 5.69 Å². The lowest BCUT2D eigenvalue weighted by Gasteiger charge is -1.93. The van der Waals surface area contributed by atoms with Crippen LogP contribution in [0.5, 0.6) is 0 Å². The van der Waals surface area contributed by atoms with Crippen LogP contribution in [0.3, 0.4) is 0 Å². The van der Waals surface area contributed by atoms with Gasteiger partial charge in [0.05, 0.1) is 11.5 Å². The van der Waals surface area contributed by atoms with Gasteiger partial charge in [0.15, 0.2) is 0 Å². The molecule has 1 N–H and O–H groups in total. The first-order valence-electron chi connectivity index (χ1n) is 4.08. The maximum absolute atomic E-state index is 10.1. The Kier molecular flexibility index (Phi) is 5.47. The molecule has 0 saturated heterocycles. The molecule has 0 aliphatic heterocycles. The Hall–Kier alpha value is -1.42. The summed E-state index contributed by atoms with van der Waals surface area (Å²) in [4.78, 5) is 9.67. The molecule has 0 unspecified atom stereocenters. The Morgan fingerprint density at radius 3 is 2.08 bits per heavy atom. The molecule has 0 spiro atoms. The Morgan fingerprint density at radius 1 is 1.31 bits per heavy atom. The number of benzene rings is 1. The third kappa shape index (κ3) is 3.66. The predicted octanol–water partition coefficient (Wildman–Crippen LogP) is 2.11. The molecule has 1 aromatic carbocycles. The summed E-state index contributed by atoms with van der Waals surface area (Å²) in [5, 5.41) is 18.7. The van der Waals surface area contributed by atoms with Crippen LogP contribution >= 0.6 is 0 Å². The lowest BCUT2D eigenvalue weighted by Crippen LogP contribution is -1.88. The molecule has 0 heterocycles. The number of hydrogen-bond donors (Lipinski definition) is 1. The number of nitrogens with zero attached hydrogens (tertiary/aromatic N) is 1. The van der Waals surface area contributed by atoms with Crippen LogP contribution in [0.15, 0.2) is 24.3 Å². The molecule has 0 amide bonds. The van der Waals surface area contributed by atoms with E-state index < -0.39 is 4.92 Å². The second-order valence-corrected chi connectivity index (χ2v) is 2.08. The molecular weight excluding hydrogens is 170 g/mol. The summed E-state index contributed by atoms with van der Waals surface area (Å²) < 4.78 is 0. The zero-order chi connectivity index (χ0) is 10.3. The normalized spacial score (nSPS) is 8.54. The number of aliphatic hydroxyl groups excluding tert-OH is 1. The smallest absolute Gasteiger partial charge is 0.269 e. The molecule has 0 radical (unpaired) electrons. The van der Waals surface area contributed by atoms with E-state index in [1.807, 2.05) is 13.8 Å². The standard InChI is InChI=1S/C7H7NO3.C2H6/c9-5-6-1-3-7(4-2-6)8(10)11;1-2/h1-4,9H,5H2;1-2H3. The van der Waals surface area contributed by atoms with Gasteiger partial charge in [-0.25, -0.2) is 0 Å². The van der Waals surface area contributed by atoms with Crippen LogP contribution in [-0.4, -0.2) is 10.0 Å². The van der Waals surface area contributed by atoms with E-state index in [0.717, 1.165) is 0 Å². The number of hydrogen-bond acceptors (Lipinski definition) is 3. The van der Waals surface area contributed by atoms with Crippen molar-refractivity contribution >= 4 is 5.69 Å². The summed E-state index contributed by atoms with van der Waals surface area (Å²) in [6, 6.07) is 5.79. The third-order valence-electron chi connectivity index (χ3n) is 1.33. The topological polar surface area (TPSA) is 63.4 Å². The highest BCUT2D eigenvalue weighted by Gasteiger charge is 2.02. The molecule has 0 bridgehead atoms. The number of nitro groups is 1. The fraction of sp³-hybridized carbons (Fsp3) is 0.333. The molecule has 1 rings (SSSR count). The second kappa shape index (κ2) is 6.14. The van der Waals surface area contributed by atoms with Crippen molar-refractivity contribution in [3.8, 4) is 0 Å². The van der Waals surface area contributed by atoms with E-state index in [-0.39, 0.29) is 12.3 Å². The second-order valence-electron chi connectivity index (χ2n) is 2.08. The van der Waals surface area contributed by atoms with Crippen molar-refractivity contribution in [3.05, 3.63) is 39.9 Å². The molecule has 4 heteroatoms. The van der Waals surface area contributed by atoms with Gasteiger partial charge >= 0.3 is 0 Å². The first kappa shape index (κ1) is 11.6. The zero-order valence-corrected chi connectivity index (χ0v) is 7.73. The van der Waals surface area contributed by atoms with Gasteiger partial charge < -0.3 is 5.11 Å². The average molecular weight is 183 g/mol. The molecule has 0 aliphatic carbocycles. The lowest BCUT2D eigenvalue weighted by atomic mass is 10.2. The van der Waals surface area contributed by atoms with Crippen LogP contribution in [0.2, 0.25) is 0 Å². The highest BCUT2D eigenvalue weighted by molar-refractivity contribution is 5.32. The number of non-ortho nitro benzene ring substituents is 1. The largest absolute Gasteiger partial charge is 0.392 e. The van der Waals surface area contributed by atoms with Crippen molar-refractivity contribution < 1.29 is 10.0 Å². The van der Waals surface area contributed by atoms with Crippen molar-refractivity contribution in [2.45, 2.75) is 20.5 Å². The van der Waals surface area contributed by atoms with E-state index >= 15 is 0 Å². The molecule has 72 valence electrons. The molecule has 13 heavy (non-hydrogen) atoms. The maximum Gasteiger partial charge on any atom is 0.269 e. The quantitative estimate of drug-likeness (QED) is 0.564. The van der Waals surface area contributed by atoms with Gasteiger partial charge in [0.2, 0.25) is 0 Å². The Labute approximate surface area is 77.0 Å². The highest BCUT2D eigenvalue weighted by atomic mass is 16.6. The molecule has 0 atom stereocenters. The Bertz CT molecular complexity index is 256. The van der Waals surface area contributed by atoms with Crippen molar-refractivity contribution in [1.82, 2.24) is 0 Å². The lowest BCUT2D eigenvalue weighted by molar-refractivity contribution is -0.384. The Morgan fingerprint density at radius 2 is 1.77 bits per heavy atom. The van der Waals surface area contributed by atoms with E-state index in [2.05, 4.69) is 0 Å².